The summed E-state index contributed by atoms with van der Waals surface area (Å²) in [6, 6.07) is 6.65. The normalized spacial score (nSPS) is 11.8. The fourth-order valence-corrected chi connectivity index (χ4v) is 2.98. The molecule has 0 aromatic heterocycles. The van der Waals surface area contributed by atoms with Gasteiger partial charge in [-0.1, -0.05) is 44.2 Å². The van der Waals surface area contributed by atoms with Gasteiger partial charge in [-0.05, 0) is 30.0 Å². The van der Waals surface area contributed by atoms with E-state index in [-0.39, 0.29) is 0 Å². The summed E-state index contributed by atoms with van der Waals surface area (Å²) in [5.41, 5.74) is 2.92. The second kappa shape index (κ2) is 3.67. The van der Waals surface area contributed by atoms with Crippen LogP contribution in [0.15, 0.2) is 18.2 Å². The topological polar surface area (TPSA) is 0 Å². The Bertz CT molecular complexity index is 294. The van der Waals surface area contributed by atoms with E-state index in [0.29, 0.717) is 14.6 Å². The first kappa shape index (κ1) is 10.5. The number of benzene rings is 1. The van der Waals surface area contributed by atoms with Gasteiger partial charge in [-0.2, -0.15) is 0 Å². The molecule has 1 radical (unpaired) electrons. The number of hydrogen-bond acceptors (Lipinski definition) is 0. The minimum Gasteiger partial charge on any atom is -0.0633 e. The molecule has 1 rings (SSSR count). The average molecular weight is 191 g/mol. The van der Waals surface area contributed by atoms with E-state index in [9.17, 15) is 0 Å². The molecule has 0 amide bonds. The largest absolute Gasteiger partial charge is 0.0728 e. The molecule has 1 aromatic carbocycles. The highest BCUT2D eigenvalue weighted by Gasteiger charge is 2.14. The highest BCUT2D eigenvalue weighted by molar-refractivity contribution is 6.57. The van der Waals surface area contributed by atoms with Gasteiger partial charge in [0.25, 0.3) is 0 Å². The summed E-state index contributed by atoms with van der Waals surface area (Å²) in [7, 11) is 0.393. The zero-order valence-corrected chi connectivity index (χ0v) is 10.5. The minimum atomic E-state index is 0.393. The zero-order valence-electron chi connectivity index (χ0n) is 9.31. The molecule has 0 aliphatic carbocycles. The zero-order chi connectivity index (χ0) is 10.1. The summed E-state index contributed by atoms with van der Waals surface area (Å²) in [6.07, 6.45) is 0. The van der Waals surface area contributed by atoms with Gasteiger partial charge in [0.2, 0.25) is 0 Å². The quantitative estimate of drug-likeness (QED) is 0.599. The Labute approximate surface area is 84.2 Å². The molecule has 0 atom stereocenters. The highest BCUT2D eigenvalue weighted by Crippen LogP contribution is 2.20. The molecule has 1 heteroatoms. The maximum absolute atomic E-state index is 2.32. The molecule has 0 bridgehead atoms. The van der Waals surface area contributed by atoms with Crippen LogP contribution in [0, 0.1) is 13.8 Å². The van der Waals surface area contributed by atoms with Crippen molar-refractivity contribution >= 4 is 14.7 Å². The maximum atomic E-state index is 2.32. The molecule has 0 aliphatic heterocycles. The van der Waals surface area contributed by atoms with Crippen LogP contribution in [-0.4, -0.2) is 9.52 Å². The predicted molar refractivity (Wildman–Crippen MR) is 62.4 cm³/mol. The molecule has 13 heavy (non-hydrogen) atoms. The lowest BCUT2D eigenvalue weighted by molar-refractivity contribution is 0.759. The van der Waals surface area contributed by atoms with Crippen molar-refractivity contribution in [2.24, 2.45) is 0 Å². The summed E-state index contributed by atoms with van der Waals surface area (Å²) >= 11 is 0. The monoisotopic (exact) mass is 191 g/mol. The third-order valence-electron chi connectivity index (χ3n) is 2.24. The van der Waals surface area contributed by atoms with Gasteiger partial charge in [-0.15, -0.1) is 0 Å². The Hall–Kier alpha value is -0.563. The van der Waals surface area contributed by atoms with Gasteiger partial charge in [0.1, 0.15) is 0 Å². The first-order valence-electron chi connectivity index (χ1n) is 4.82. The SMILES string of the molecule is Cc1cccc([SiH]C(C)(C)C)c1C. The Balaban J connectivity index is 2.96. The fourth-order valence-electron chi connectivity index (χ4n) is 1.40. The van der Waals surface area contributed by atoms with E-state index >= 15 is 0 Å². The van der Waals surface area contributed by atoms with Crippen LogP contribution in [0.4, 0.5) is 0 Å². The third-order valence-corrected chi connectivity index (χ3v) is 4.04. The number of aryl methyl sites for hydroxylation is 1. The highest BCUT2D eigenvalue weighted by atomic mass is 28.2. The summed E-state index contributed by atoms with van der Waals surface area (Å²) in [5, 5.41) is 2.05. The van der Waals surface area contributed by atoms with E-state index in [1.807, 2.05) is 0 Å². The second-order valence-corrected chi connectivity index (χ2v) is 7.44. The van der Waals surface area contributed by atoms with E-state index < -0.39 is 0 Å². The van der Waals surface area contributed by atoms with Crippen LogP contribution in [-0.2, 0) is 0 Å². The molecule has 0 unspecified atom stereocenters. The van der Waals surface area contributed by atoms with E-state index in [1.165, 1.54) is 11.1 Å². The van der Waals surface area contributed by atoms with Crippen molar-refractivity contribution < 1.29 is 0 Å². The summed E-state index contributed by atoms with van der Waals surface area (Å²) < 4.78 is 0. The van der Waals surface area contributed by atoms with Crippen LogP contribution in [0.25, 0.3) is 0 Å². The molecule has 1 aromatic rings. The van der Waals surface area contributed by atoms with Crippen molar-refractivity contribution in [3.63, 3.8) is 0 Å². The molecule has 0 spiro atoms. The number of hydrogen-bond donors (Lipinski definition) is 0. The lowest BCUT2D eigenvalue weighted by atomic mass is 10.1. The Morgan fingerprint density at radius 1 is 1.08 bits per heavy atom. The van der Waals surface area contributed by atoms with Crippen molar-refractivity contribution in [2.45, 2.75) is 39.7 Å². The van der Waals surface area contributed by atoms with Crippen molar-refractivity contribution in [2.75, 3.05) is 0 Å². The van der Waals surface area contributed by atoms with Crippen molar-refractivity contribution in [1.82, 2.24) is 0 Å². The molecular weight excluding hydrogens is 172 g/mol. The summed E-state index contributed by atoms with van der Waals surface area (Å²) in [4.78, 5) is 0. The summed E-state index contributed by atoms with van der Waals surface area (Å²) in [5.74, 6) is 0. The van der Waals surface area contributed by atoms with Crippen LogP contribution in [0.5, 0.6) is 0 Å². The van der Waals surface area contributed by atoms with Crippen LogP contribution in [0.1, 0.15) is 31.9 Å². The lowest BCUT2D eigenvalue weighted by Gasteiger charge is -2.19. The van der Waals surface area contributed by atoms with E-state index in [0.717, 1.165) is 0 Å². The second-order valence-electron chi connectivity index (χ2n) is 4.80. The van der Waals surface area contributed by atoms with Gasteiger partial charge in [0, 0.05) is 0 Å². The predicted octanol–water partition coefficient (Wildman–Crippen LogP) is 2.58. The van der Waals surface area contributed by atoms with Crippen LogP contribution in [0.3, 0.4) is 0 Å². The average Bonchev–Trinajstić information content (AvgIpc) is 1.96. The van der Waals surface area contributed by atoms with Gasteiger partial charge in [0.15, 0.2) is 0 Å². The van der Waals surface area contributed by atoms with Crippen molar-refractivity contribution in [3.05, 3.63) is 29.3 Å². The van der Waals surface area contributed by atoms with Gasteiger partial charge in [-0.3, -0.25) is 0 Å². The van der Waals surface area contributed by atoms with Gasteiger partial charge in [-0.25, -0.2) is 0 Å². The molecule has 0 saturated heterocycles. The molecule has 0 saturated carbocycles. The van der Waals surface area contributed by atoms with Crippen LogP contribution < -0.4 is 5.19 Å². The van der Waals surface area contributed by atoms with Crippen LogP contribution >= 0.6 is 0 Å². The Kier molecular flexibility index (Phi) is 2.97. The summed E-state index contributed by atoms with van der Waals surface area (Å²) in [6.45, 7) is 11.4. The van der Waals surface area contributed by atoms with E-state index in [1.54, 1.807) is 5.19 Å². The first-order valence-corrected chi connectivity index (χ1v) is 5.98. The molecule has 0 N–H and O–H groups in total. The molecule has 0 heterocycles. The van der Waals surface area contributed by atoms with Gasteiger partial charge in [0.05, 0.1) is 9.52 Å². The van der Waals surface area contributed by atoms with Crippen molar-refractivity contribution in [3.8, 4) is 0 Å². The molecule has 0 aliphatic rings. The third kappa shape index (κ3) is 3.00. The lowest BCUT2D eigenvalue weighted by Crippen LogP contribution is -2.26. The Morgan fingerprint density at radius 2 is 1.69 bits per heavy atom. The first-order chi connectivity index (χ1) is 5.90. The Morgan fingerprint density at radius 3 is 2.23 bits per heavy atom. The van der Waals surface area contributed by atoms with Crippen LogP contribution in [0.2, 0.25) is 5.04 Å². The molecular formula is C12H19Si. The standard InChI is InChI=1S/C12H19Si/c1-9-7-6-8-11(10(9)2)13-12(3,4)5/h6-8,13H,1-5H3. The van der Waals surface area contributed by atoms with Gasteiger partial charge < -0.3 is 0 Å². The van der Waals surface area contributed by atoms with E-state index in [2.05, 4.69) is 52.8 Å². The smallest absolute Gasteiger partial charge is 0.0633 e. The van der Waals surface area contributed by atoms with Gasteiger partial charge >= 0.3 is 0 Å². The molecule has 71 valence electrons. The van der Waals surface area contributed by atoms with Crippen molar-refractivity contribution in [1.29, 1.82) is 0 Å². The minimum absolute atomic E-state index is 0.393. The van der Waals surface area contributed by atoms with E-state index in [4.69, 9.17) is 0 Å². The maximum Gasteiger partial charge on any atom is 0.0728 e. The molecule has 0 fully saturated rings. The number of rotatable bonds is 1. The molecule has 0 nitrogen and oxygen atoms in total. The fraction of sp³-hybridized carbons (Fsp3) is 0.500.